The van der Waals surface area contributed by atoms with Gasteiger partial charge in [0.2, 0.25) is 0 Å². The molecule has 4 heteroatoms. The van der Waals surface area contributed by atoms with Crippen LogP contribution in [0.5, 0.6) is 0 Å². The minimum absolute atomic E-state index is 0.110. The van der Waals surface area contributed by atoms with Gasteiger partial charge in [-0.05, 0) is 19.3 Å². The first-order chi connectivity index (χ1) is 5.68. The van der Waals surface area contributed by atoms with Crippen LogP contribution in [0.25, 0.3) is 0 Å². The smallest absolute Gasteiger partial charge is 0.0785 e. The zero-order chi connectivity index (χ0) is 8.60. The lowest BCUT2D eigenvalue weighted by Gasteiger charge is -2.07. The summed E-state index contributed by atoms with van der Waals surface area (Å²) in [6.07, 6.45) is 6.79. The van der Waals surface area contributed by atoms with Crippen LogP contribution in [0.2, 0.25) is 5.02 Å². The molecule has 0 amide bonds. The molecular formula is C8H12ClN3. The first kappa shape index (κ1) is 8.08. The van der Waals surface area contributed by atoms with Crippen molar-refractivity contribution in [2.45, 2.75) is 31.3 Å². The molecule has 2 N–H and O–H groups in total. The third kappa shape index (κ3) is 1.79. The molecule has 0 aromatic carbocycles. The Labute approximate surface area is 76.5 Å². The molecule has 0 radical (unpaired) electrons. The first-order valence-electron chi connectivity index (χ1n) is 4.15. The summed E-state index contributed by atoms with van der Waals surface area (Å²) in [4.78, 5) is 0. The van der Waals surface area contributed by atoms with Crippen molar-refractivity contribution in [3.63, 3.8) is 0 Å². The standard InChI is InChI=1S/C8H12ClN3/c9-7-5-11-12(6-7)4-3-8(10)1-2-8/h5-6H,1-4,10H2. The molecule has 12 heavy (non-hydrogen) atoms. The van der Waals surface area contributed by atoms with E-state index in [1.165, 1.54) is 0 Å². The Hall–Kier alpha value is -0.540. The van der Waals surface area contributed by atoms with Crippen molar-refractivity contribution >= 4 is 11.6 Å². The van der Waals surface area contributed by atoms with Crippen LogP contribution in [-0.4, -0.2) is 15.3 Å². The molecule has 2 rings (SSSR count). The summed E-state index contributed by atoms with van der Waals surface area (Å²) in [5.74, 6) is 0. The van der Waals surface area contributed by atoms with E-state index in [1.54, 1.807) is 6.20 Å². The number of rotatable bonds is 3. The highest BCUT2D eigenvalue weighted by molar-refractivity contribution is 6.30. The summed E-state index contributed by atoms with van der Waals surface area (Å²) in [6.45, 7) is 0.878. The van der Waals surface area contributed by atoms with Gasteiger partial charge in [0.15, 0.2) is 0 Å². The Morgan fingerprint density at radius 1 is 1.67 bits per heavy atom. The van der Waals surface area contributed by atoms with E-state index in [-0.39, 0.29) is 5.54 Å². The predicted molar refractivity (Wildman–Crippen MR) is 48.0 cm³/mol. The van der Waals surface area contributed by atoms with Crippen molar-refractivity contribution in [1.82, 2.24) is 9.78 Å². The van der Waals surface area contributed by atoms with Crippen LogP contribution in [0.4, 0.5) is 0 Å². The maximum Gasteiger partial charge on any atom is 0.0785 e. The molecule has 1 aromatic heterocycles. The zero-order valence-electron chi connectivity index (χ0n) is 6.83. The molecule has 1 aliphatic rings. The van der Waals surface area contributed by atoms with Gasteiger partial charge in [0.25, 0.3) is 0 Å². The Morgan fingerprint density at radius 2 is 2.42 bits per heavy atom. The van der Waals surface area contributed by atoms with Crippen LogP contribution in [0.1, 0.15) is 19.3 Å². The van der Waals surface area contributed by atoms with Gasteiger partial charge >= 0.3 is 0 Å². The molecule has 0 spiro atoms. The fraction of sp³-hybridized carbons (Fsp3) is 0.625. The van der Waals surface area contributed by atoms with Gasteiger partial charge in [0.1, 0.15) is 0 Å². The molecule has 1 fully saturated rings. The highest BCUT2D eigenvalue weighted by Crippen LogP contribution is 2.35. The molecule has 1 aliphatic carbocycles. The van der Waals surface area contributed by atoms with Crippen LogP contribution < -0.4 is 5.73 Å². The third-order valence-corrected chi connectivity index (χ3v) is 2.53. The third-order valence-electron chi connectivity index (χ3n) is 2.33. The second-order valence-corrected chi connectivity index (χ2v) is 3.97. The largest absolute Gasteiger partial charge is 0.325 e. The average Bonchev–Trinajstić information content (AvgIpc) is 2.60. The predicted octanol–water partition coefficient (Wildman–Crippen LogP) is 1.42. The molecule has 0 saturated heterocycles. The monoisotopic (exact) mass is 185 g/mol. The van der Waals surface area contributed by atoms with Gasteiger partial charge in [-0.3, -0.25) is 4.68 Å². The van der Waals surface area contributed by atoms with Crippen LogP contribution in [0.15, 0.2) is 12.4 Å². The van der Waals surface area contributed by atoms with Gasteiger partial charge in [-0.15, -0.1) is 0 Å². The van der Waals surface area contributed by atoms with E-state index in [4.69, 9.17) is 17.3 Å². The maximum atomic E-state index is 5.93. The van der Waals surface area contributed by atoms with E-state index in [0.717, 1.165) is 25.8 Å². The summed E-state index contributed by atoms with van der Waals surface area (Å²) in [5.41, 5.74) is 6.04. The molecule has 0 unspecified atom stereocenters. The number of hydrogen-bond acceptors (Lipinski definition) is 2. The molecule has 66 valence electrons. The van der Waals surface area contributed by atoms with Crippen LogP contribution in [-0.2, 0) is 6.54 Å². The normalized spacial score (nSPS) is 19.5. The summed E-state index contributed by atoms with van der Waals surface area (Å²) in [7, 11) is 0. The number of nitrogens with zero attached hydrogens (tertiary/aromatic N) is 2. The van der Waals surface area contributed by atoms with E-state index in [9.17, 15) is 0 Å². The molecule has 1 heterocycles. The number of aromatic nitrogens is 2. The molecule has 0 bridgehead atoms. The molecule has 1 saturated carbocycles. The summed E-state index contributed by atoms with van der Waals surface area (Å²) in [6, 6.07) is 0. The minimum Gasteiger partial charge on any atom is -0.325 e. The zero-order valence-corrected chi connectivity index (χ0v) is 7.59. The van der Waals surface area contributed by atoms with Gasteiger partial charge in [-0.25, -0.2) is 0 Å². The van der Waals surface area contributed by atoms with Gasteiger partial charge in [0.05, 0.1) is 11.2 Å². The molecule has 1 aromatic rings. The Kier molecular flexibility index (Phi) is 1.85. The first-order valence-corrected chi connectivity index (χ1v) is 4.53. The van der Waals surface area contributed by atoms with Crippen LogP contribution >= 0.6 is 11.6 Å². The number of aryl methyl sites for hydroxylation is 1. The van der Waals surface area contributed by atoms with Crippen molar-refractivity contribution in [2.24, 2.45) is 5.73 Å². The van der Waals surface area contributed by atoms with Crippen molar-refractivity contribution in [1.29, 1.82) is 0 Å². The lowest BCUT2D eigenvalue weighted by atomic mass is 10.2. The number of halogens is 1. The number of hydrogen-bond donors (Lipinski definition) is 1. The van der Waals surface area contributed by atoms with Crippen molar-refractivity contribution in [2.75, 3.05) is 0 Å². The Bertz CT molecular complexity index is 278. The van der Waals surface area contributed by atoms with Crippen molar-refractivity contribution in [3.05, 3.63) is 17.4 Å². The van der Waals surface area contributed by atoms with Gasteiger partial charge in [-0.2, -0.15) is 5.10 Å². The van der Waals surface area contributed by atoms with Gasteiger partial charge in [-0.1, -0.05) is 11.6 Å². The maximum absolute atomic E-state index is 5.93. The fourth-order valence-corrected chi connectivity index (χ4v) is 1.36. The van der Waals surface area contributed by atoms with Crippen molar-refractivity contribution < 1.29 is 0 Å². The van der Waals surface area contributed by atoms with E-state index < -0.39 is 0 Å². The fourth-order valence-electron chi connectivity index (χ4n) is 1.21. The second kappa shape index (κ2) is 2.75. The van der Waals surface area contributed by atoms with Crippen LogP contribution in [0.3, 0.4) is 0 Å². The van der Waals surface area contributed by atoms with Crippen LogP contribution in [0, 0.1) is 0 Å². The quantitative estimate of drug-likeness (QED) is 0.774. The Morgan fingerprint density at radius 3 is 2.92 bits per heavy atom. The molecule has 0 atom stereocenters. The SMILES string of the molecule is NC1(CCn2cc(Cl)cn2)CC1. The van der Waals surface area contributed by atoms with E-state index in [1.807, 2.05) is 10.9 Å². The second-order valence-electron chi connectivity index (χ2n) is 3.53. The minimum atomic E-state index is 0.110. The number of nitrogens with two attached hydrogens (primary N) is 1. The topological polar surface area (TPSA) is 43.8 Å². The van der Waals surface area contributed by atoms with E-state index >= 15 is 0 Å². The van der Waals surface area contributed by atoms with Crippen molar-refractivity contribution in [3.8, 4) is 0 Å². The van der Waals surface area contributed by atoms with Gasteiger partial charge in [0, 0.05) is 18.3 Å². The Balaban J connectivity index is 1.87. The lowest BCUT2D eigenvalue weighted by molar-refractivity contribution is 0.501. The summed E-state index contributed by atoms with van der Waals surface area (Å²) >= 11 is 5.71. The highest BCUT2D eigenvalue weighted by Gasteiger charge is 2.37. The summed E-state index contributed by atoms with van der Waals surface area (Å²) in [5, 5.41) is 4.77. The average molecular weight is 186 g/mol. The van der Waals surface area contributed by atoms with E-state index in [2.05, 4.69) is 5.10 Å². The van der Waals surface area contributed by atoms with E-state index in [0.29, 0.717) is 5.02 Å². The molecular weight excluding hydrogens is 174 g/mol. The molecule has 3 nitrogen and oxygen atoms in total. The summed E-state index contributed by atoms with van der Waals surface area (Å²) < 4.78 is 1.84. The molecule has 0 aliphatic heterocycles. The highest BCUT2D eigenvalue weighted by atomic mass is 35.5. The lowest BCUT2D eigenvalue weighted by Crippen LogP contribution is -2.23. The van der Waals surface area contributed by atoms with Gasteiger partial charge < -0.3 is 5.73 Å².